The van der Waals surface area contributed by atoms with Gasteiger partial charge in [-0.3, -0.25) is 5.10 Å². The van der Waals surface area contributed by atoms with Crippen molar-refractivity contribution in [2.45, 2.75) is 44.1 Å². The van der Waals surface area contributed by atoms with Crippen LogP contribution in [0.25, 0.3) is 11.4 Å². The first kappa shape index (κ1) is 16.7. The number of likely N-dealkylation sites (tertiary alicyclic amines) is 1. The highest BCUT2D eigenvalue weighted by Crippen LogP contribution is 2.33. The van der Waals surface area contributed by atoms with E-state index in [-0.39, 0.29) is 0 Å². The number of hydrogen-bond acceptors (Lipinski definition) is 4. The van der Waals surface area contributed by atoms with Crippen LogP contribution in [0.5, 0.6) is 0 Å². The number of rotatable bonds is 6. The summed E-state index contributed by atoms with van der Waals surface area (Å²) in [5.74, 6) is 3.12. The second kappa shape index (κ2) is 7.67. The molecule has 1 saturated heterocycles. The minimum atomic E-state index is 0.417. The van der Waals surface area contributed by atoms with Crippen LogP contribution in [0, 0.1) is 5.92 Å². The maximum Gasteiger partial charge on any atom is 0.181 e. The van der Waals surface area contributed by atoms with Crippen molar-refractivity contribution in [3.63, 3.8) is 0 Å². The van der Waals surface area contributed by atoms with E-state index in [4.69, 9.17) is 9.72 Å². The molecule has 0 radical (unpaired) electrons. The summed E-state index contributed by atoms with van der Waals surface area (Å²) in [6, 6.07) is 10.2. The Labute approximate surface area is 149 Å². The summed E-state index contributed by atoms with van der Waals surface area (Å²) in [6.45, 7) is 3.33. The lowest BCUT2D eigenvalue weighted by molar-refractivity contribution is -0.00955. The van der Waals surface area contributed by atoms with Crippen molar-refractivity contribution in [2.24, 2.45) is 5.92 Å². The maximum absolute atomic E-state index is 5.75. The predicted octanol–water partition coefficient (Wildman–Crippen LogP) is 3.47. The fraction of sp³-hybridized carbons (Fsp3) is 0.600. The Morgan fingerprint density at radius 2 is 1.92 bits per heavy atom. The summed E-state index contributed by atoms with van der Waals surface area (Å²) >= 11 is 0. The molecule has 2 aliphatic rings. The van der Waals surface area contributed by atoms with E-state index in [0.29, 0.717) is 12.0 Å². The smallest absolute Gasteiger partial charge is 0.181 e. The summed E-state index contributed by atoms with van der Waals surface area (Å²) in [5, 5.41) is 7.59. The number of nitrogens with one attached hydrogen (secondary N) is 1. The molecule has 0 amide bonds. The fourth-order valence-corrected chi connectivity index (χ4v) is 4.04. The van der Waals surface area contributed by atoms with Gasteiger partial charge in [0.1, 0.15) is 5.82 Å². The second-order valence-corrected chi connectivity index (χ2v) is 7.45. The van der Waals surface area contributed by atoms with Crippen molar-refractivity contribution in [1.82, 2.24) is 20.1 Å². The number of aromatic amines is 1. The van der Waals surface area contributed by atoms with Crippen LogP contribution >= 0.6 is 0 Å². The topological polar surface area (TPSA) is 54.0 Å². The summed E-state index contributed by atoms with van der Waals surface area (Å²) in [5.41, 5.74) is 1.07. The van der Waals surface area contributed by atoms with Crippen molar-refractivity contribution in [3.05, 3.63) is 36.2 Å². The third-order valence-corrected chi connectivity index (χ3v) is 5.93. The zero-order chi connectivity index (χ0) is 17.1. The van der Waals surface area contributed by atoms with E-state index in [1.54, 1.807) is 0 Å². The van der Waals surface area contributed by atoms with Crippen LogP contribution < -0.4 is 0 Å². The van der Waals surface area contributed by atoms with Gasteiger partial charge in [0.05, 0.1) is 6.10 Å². The minimum Gasteiger partial charge on any atom is -0.380 e. The summed E-state index contributed by atoms with van der Waals surface area (Å²) in [4.78, 5) is 7.31. The number of nitrogens with zero attached hydrogens (tertiary/aromatic N) is 3. The van der Waals surface area contributed by atoms with Crippen molar-refractivity contribution in [2.75, 3.05) is 26.7 Å². The third-order valence-electron chi connectivity index (χ3n) is 5.93. The fourth-order valence-electron chi connectivity index (χ4n) is 4.04. The van der Waals surface area contributed by atoms with E-state index in [1.807, 2.05) is 25.3 Å². The quantitative estimate of drug-likeness (QED) is 0.875. The average molecular weight is 340 g/mol. The van der Waals surface area contributed by atoms with Crippen LogP contribution in [0.15, 0.2) is 30.3 Å². The van der Waals surface area contributed by atoms with Crippen LogP contribution in [-0.4, -0.2) is 52.9 Å². The number of piperidine rings is 1. The van der Waals surface area contributed by atoms with Crippen molar-refractivity contribution >= 4 is 0 Å². The zero-order valence-electron chi connectivity index (χ0n) is 15.0. The van der Waals surface area contributed by atoms with Crippen LogP contribution in [0.1, 0.15) is 43.8 Å². The second-order valence-electron chi connectivity index (χ2n) is 7.45. The molecule has 25 heavy (non-hydrogen) atoms. The lowest BCUT2D eigenvalue weighted by atomic mass is 9.80. The molecule has 2 fully saturated rings. The van der Waals surface area contributed by atoms with Gasteiger partial charge < -0.3 is 9.64 Å². The Bertz CT molecular complexity index is 659. The Morgan fingerprint density at radius 3 is 2.56 bits per heavy atom. The van der Waals surface area contributed by atoms with E-state index in [2.05, 4.69) is 27.2 Å². The van der Waals surface area contributed by atoms with E-state index in [0.717, 1.165) is 55.6 Å². The molecular weight excluding hydrogens is 312 g/mol. The molecule has 1 aromatic heterocycles. The van der Waals surface area contributed by atoms with Gasteiger partial charge in [0, 0.05) is 25.1 Å². The monoisotopic (exact) mass is 340 g/mol. The van der Waals surface area contributed by atoms with Crippen LogP contribution in [-0.2, 0) is 4.74 Å². The van der Waals surface area contributed by atoms with E-state index >= 15 is 0 Å². The van der Waals surface area contributed by atoms with E-state index in [1.165, 1.54) is 19.3 Å². The van der Waals surface area contributed by atoms with Gasteiger partial charge in [-0.05, 0) is 44.7 Å². The SMILES string of the molecule is COC(CN1CCC(c2nc(-c3ccccc3)n[nH]2)CC1)C1CCC1. The average Bonchev–Trinajstić information content (AvgIpc) is 3.11. The van der Waals surface area contributed by atoms with Gasteiger partial charge in [0.2, 0.25) is 0 Å². The number of hydrogen-bond donors (Lipinski definition) is 1. The first-order valence-corrected chi connectivity index (χ1v) is 9.56. The summed E-state index contributed by atoms with van der Waals surface area (Å²) in [6.07, 6.45) is 6.77. The molecule has 1 aliphatic heterocycles. The molecule has 2 heterocycles. The molecule has 1 N–H and O–H groups in total. The number of benzene rings is 1. The van der Waals surface area contributed by atoms with Crippen LogP contribution in [0.3, 0.4) is 0 Å². The predicted molar refractivity (Wildman–Crippen MR) is 98.4 cm³/mol. The van der Waals surface area contributed by atoms with Crippen LogP contribution in [0.2, 0.25) is 0 Å². The van der Waals surface area contributed by atoms with Gasteiger partial charge in [-0.1, -0.05) is 36.8 Å². The van der Waals surface area contributed by atoms with Gasteiger partial charge in [-0.15, -0.1) is 0 Å². The molecular formula is C20H28N4O. The molecule has 0 spiro atoms. The van der Waals surface area contributed by atoms with Gasteiger partial charge in [-0.2, -0.15) is 5.10 Å². The Morgan fingerprint density at radius 1 is 1.16 bits per heavy atom. The molecule has 4 rings (SSSR count). The van der Waals surface area contributed by atoms with Crippen LogP contribution in [0.4, 0.5) is 0 Å². The molecule has 1 unspecified atom stereocenters. The maximum atomic E-state index is 5.75. The summed E-state index contributed by atoms with van der Waals surface area (Å²) in [7, 11) is 1.87. The van der Waals surface area contributed by atoms with Crippen molar-refractivity contribution in [1.29, 1.82) is 0 Å². The number of H-pyrrole nitrogens is 1. The highest BCUT2D eigenvalue weighted by atomic mass is 16.5. The van der Waals surface area contributed by atoms with Crippen molar-refractivity contribution < 1.29 is 4.74 Å². The first-order chi connectivity index (χ1) is 12.3. The largest absolute Gasteiger partial charge is 0.380 e. The Kier molecular flexibility index (Phi) is 5.13. The lowest BCUT2D eigenvalue weighted by Crippen LogP contribution is -2.43. The van der Waals surface area contributed by atoms with E-state index in [9.17, 15) is 0 Å². The van der Waals surface area contributed by atoms with Gasteiger partial charge in [0.15, 0.2) is 5.82 Å². The summed E-state index contributed by atoms with van der Waals surface area (Å²) < 4.78 is 5.75. The minimum absolute atomic E-state index is 0.417. The number of ether oxygens (including phenoxy) is 1. The first-order valence-electron chi connectivity index (χ1n) is 9.56. The molecule has 0 bridgehead atoms. The van der Waals surface area contributed by atoms with Crippen molar-refractivity contribution in [3.8, 4) is 11.4 Å². The molecule has 5 heteroatoms. The number of methoxy groups -OCH3 is 1. The molecule has 5 nitrogen and oxygen atoms in total. The third kappa shape index (κ3) is 3.77. The standard InChI is InChI=1S/C20H28N4O/c1-25-18(15-8-5-9-15)14-24-12-10-17(11-13-24)20-21-19(22-23-20)16-6-3-2-4-7-16/h2-4,6-7,15,17-18H,5,8-14H2,1H3,(H,21,22,23). The number of aromatic nitrogens is 3. The molecule has 1 aromatic carbocycles. The molecule has 1 saturated carbocycles. The Hall–Kier alpha value is -1.72. The van der Waals surface area contributed by atoms with Gasteiger partial charge in [-0.25, -0.2) is 4.98 Å². The molecule has 1 aliphatic carbocycles. The highest BCUT2D eigenvalue weighted by molar-refractivity contribution is 5.53. The van der Waals surface area contributed by atoms with E-state index < -0.39 is 0 Å². The molecule has 134 valence electrons. The molecule has 2 aromatic rings. The zero-order valence-corrected chi connectivity index (χ0v) is 15.0. The molecule has 1 atom stereocenters. The lowest BCUT2D eigenvalue weighted by Gasteiger charge is -2.38. The van der Waals surface area contributed by atoms with Gasteiger partial charge in [0.25, 0.3) is 0 Å². The Balaban J connectivity index is 1.32. The normalized spacial score (nSPS) is 21.2. The van der Waals surface area contributed by atoms with Gasteiger partial charge >= 0.3 is 0 Å². The highest BCUT2D eigenvalue weighted by Gasteiger charge is 2.30.